The van der Waals surface area contributed by atoms with Gasteiger partial charge in [-0.3, -0.25) is 14.9 Å². The molecule has 0 aliphatic rings. The Morgan fingerprint density at radius 3 is 2.30 bits per heavy atom. The maximum Gasteiger partial charge on any atom is 0.269 e. The summed E-state index contributed by atoms with van der Waals surface area (Å²) in [5.41, 5.74) is 3.02. The number of nitrogens with one attached hydrogen (secondary N) is 1. The first-order valence-electron chi connectivity index (χ1n) is 9.47. The van der Waals surface area contributed by atoms with E-state index >= 15 is 0 Å². The molecule has 0 saturated heterocycles. The third kappa shape index (κ3) is 5.35. The van der Waals surface area contributed by atoms with Crippen molar-refractivity contribution in [2.24, 2.45) is 0 Å². The normalized spacial score (nSPS) is 10.3. The summed E-state index contributed by atoms with van der Waals surface area (Å²) >= 11 is 0. The standard InChI is InChI=1S/C23H22N2O5/c1-3-29-22-14-18(23(26)24-19-9-11-20(12-10-19)25(27)28)8-13-21(22)30-15-17-6-4-16(2)5-7-17/h4-14H,3,15H2,1-2H3,(H,24,26). The topological polar surface area (TPSA) is 90.7 Å². The Bertz CT molecular complexity index is 1030. The third-order valence-corrected chi connectivity index (χ3v) is 4.36. The second-order valence-corrected chi connectivity index (χ2v) is 6.63. The van der Waals surface area contributed by atoms with Gasteiger partial charge in [0.05, 0.1) is 11.5 Å². The van der Waals surface area contributed by atoms with Crippen LogP contribution in [0.2, 0.25) is 0 Å². The Morgan fingerprint density at radius 2 is 1.67 bits per heavy atom. The van der Waals surface area contributed by atoms with Gasteiger partial charge in [0.15, 0.2) is 11.5 Å². The summed E-state index contributed by atoms with van der Waals surface area (Å²) < 4.78 is 11.5. The average molecular weight is 406 g/mol. The Hall–Kier alpha value is -3.87. The van der Waals surface area contributed by atoms with Crippen LogP contribution < -0.4 is 14.8 Å². The summed E-state index contributed by atoms with van der Waals surface area (Å²) in [6.45, 7) is 4.69. The van der Waals surface area contributed by atoms with Gasteiger partial charge < -0.3 is 14.8 Å². The van der Waals surface area contributed by atoms with Gasteiger partial charge in [-0.25, -0.2) is 0 Å². The number of rotatable bonds is 8. The third-order valence-electron chi connectivity index (χ3n) is 4.36. The minimum Gasteiger partial charge on any atom is -0.490 e. The van der Waals surface area contributed by atoms with E-state index in [1.165, 1.54) is 29.8 Å². The second-order valence-electron chi connectivity index (χ2n) is 6.63. The Labute approximate surface area is 174 Å². The smallest absolute Gasteiger partial charge is 0.269 e. The largest absolute Gasteiger partial charge is 0.490 e. The molecule has 0 aromatic heterocycles. The lowest BCUT2D eigenvalue weighted by Gasteiger charge is -2.14. The molecule has 0 aliphatic carbocycles. The zero-order valence-electron chi connectivity index (χ0n) is 16.8. The van der Waals surface area contributed by atoms with E-state index in [0.717, 1.165) is 5.56 Å². The molecule has 7 heteroatoms. The summed E-state index contributed by atoms with van der Waals surface area (Å²) in [6, 6.07) is 18.7. The molecule has 0 heterocycles. The Morgan fingerprint density at radius 1 is 0.967 bits per heavy atom. The average Bonchev–Trinajstić information content (AvgIpc) is 2.74. The highest BCUT2D eigenvalue weighted by Crippen LogP contribution is 2.30. The predicted molar refractivity (Wildman–Crippen MR) is 114 cm³/mol. The Kier molecular flexibility index (Phi) is 6.64. The van der Waals surface area contributed by atoms with E-state index < -0.39 is 4.92 Å². The van der Waals surface area contributed by atoms with Crippen molar-refractivity contribution in [3.05, 3.63) is 93.5 Å². The van der Waals surface area contributed by atoms with Crippen LogP contribution in [0, 0.1) is 17.0 Å². The number of hydrogen-bond acceptors (Lipinski definition) is 5. The highest BCUT2D eigenvalue weighted by molar-refractivity contribution is 6.04. The number of aryl methyl sites for hydroxylation is 1. The van der Waals surface area contributed by atoms with E-state index in [1.54, 1.807) is 18.2 Å². The van der Waals surface area contributed by atoms with Crippen molar-refractivity contribution in [3.63, 3.8) is 0 Å². The van der Waals surface area contributed by atoms with Crippen molar-refractivity contribution >= 4 is 17.3 Å². The summed E-state index contributed by atoms with van der Waals surface area (Å²) in [6.07, 6.45) is 0. The van der Waals surface area contributed by atoms with E-state index in [1.807, 2.05) is 38.1 Å². The molecular formula is C23H22N2O5. The molecule has 7 nitrogen and oxygen atoms in total. The summed E-state index contributed by atoms with van der Waals surface area (Å²) in [5.74, 6) is 0.667. The predicted octanol–water partition coefficient (Wildman–Crippen LogP) is 5.13. The lowest BCUT2D eigenvalue weighted by molar-refractivity contribution is -0.384. The molecule has 0 saturated carbocycles. The lowest BCUT2D eigenvalue weighted by Crippen LogP contribution is -2.12. The maximum atomic E-state index is 12.6. The minimum atomic E-state index is -0.491. The minimum absolute atomic E-state index is 0.0401. The van der Waals surface area contributed by atoms with E-state index in [9.17, 15) is 14.9 Å². The zero-order valence-corrected chi connectivity index (χ0v) is 16.8. The van der Waals surface area contributed by atoms with Crippen molar-refractivity contribution in [3.8, 4) is 11.5 Å². The van der Waals surface area contributed by atoms with Crippen LogP contribution >= 0.6 is 0 Å². The highest BCUT2D eigenvalue weighted by atomic mass is 16.6. The molecule has 154 valence electrons. The number of nitro benzene ring substituents is 1. The molecule has 3 aromatic carbocycles. The van der Waals surface area contributed by atoms with Gasteiger partial charge in [0.1, 0.15) is 6.61 Å². The number of anilines is 1. The number of ether oxygens (including phenoxy) is 2. The Balaban J connectivity index is 1.71. The molecule has 30 heavy (non-hydrogen) atoms. The molecule has 0 unspecified atom stereocenters. The molecule has 0 spiro atoms. The van der Waals surface area contributed by atoms with Crippen molar-refractivity contribution in [1.82, 2.24) is 0 Å². The summed E-state index contributed by atoms with van der Waals surface area (Å²) in [7, 11) is 0. The number of hydrogen-bond donors (Lipinski definition) is 1. The number of carbonyl (C=O) groups excluding carboxylic acids is 1. The van der Waals surface area contributed by atoms with E-state index in [4.69, 9.17) is 9.47 Å². The second kappa shape index (κ2) is 9.56. The van der Waals surface area contributed by atoms with Crippen LogP contribution in [0.3, 0.4) is 0 Å². The molecule has 3 aromatic rings. The summed E-state index contributed by atoms with van der Waals surface area (Å²) in [5, 5.41) is 13.5. The fourth-order valence-electron chi connectivity index (χ4n) is 2.75. The number of benzene rings is 3. The van der Waals surface area contributed by atoms with Crippen LogP contribution in [0.5, 0.6) is 11.5 Å². The zero-order chi connectivity index (χ0) is 21.5. The first kappa shape index (κ1) is 20.9. The van der Waals surface area contributed by atoms with Gasteiger partial charge >= 0.3 is 0 Å². The molecule has 0 radical (unpaired) electrons. The van der Waals surface area contributed by atoms with Gasteiger partial charge in [0, 0.05) is 23.4 Å². The quantitative estimate of drug-likeness (QED) is 0.413. The molecule has 1 amide bonds. The van der Waals surface area contributed by atoms with Crippen LogP contribution in [-0.2, 0) is 6.61 Å². The number of nitro groups is 1. The van der Waals surface area contributed by atoms with Crippen molar-refractivity contribution in [2.75, 3.05) is 11.9 Å². The molecule has 0 fully saturated rings. The molecule has 3 rings (SSSR count). The van der Waals surface area contributed by atoms with E-state index in [2.05, 4.69) is 5.32 Å². The van der Waals surface area contributed by atoms with Gasteiger partial charge in [-0.05, 0) is 49.7 Å². The van der Waals surface area contributed by atoms with Crippen LogP contribution in [0.4, 0.5) is 11.4 Å². The van der Waals surface area contributed by atoms with Crippen molar-refractivity contribution < 1.29 is 19.2 Å². The first-order chi connectivity index (χ1) is 14.5. The van der Waals surface area contributed by atoms with Crippen molar-refractivity contribution in [2.45, 2.75) is 20.5 Å². The fourth-order valence-corrected chi connectivity index (χ4v) is 2.75. The number of carbonyl (C=O) groups is 1. The monoisotopic (exact) mass is 406 g/mol. The van der Waals surface area contributed by atoms with Gasteiger partial charge in [-0.1, -0.05) is 29.8 Å². The van der Waals surface area contributed by atoms with Gasteiger partial charge in [-0.15, -0.1) is 0 Å². The van der Waals surface area contributed by atoms with Crippen LogP contribution in [0.15, 0.2) is 66.7 Å². The highest BCUT2D eigenvalue weighted by Gasteiger charge is 2.13. The van der Waals surface area contributed by atoms with Crippen LogP contribution in [0.1, 0.15) is 28.4 Å². The van der Waals surface area contributed by atoms with Crippen molar-refractivity contribution in [1.29, 1.82) is 0 Å². The van der Waals surface area contributed by atoms with Gasteiger partial charge in [-0.2, -0.15) is 0 Å². The maximum absolute atomic E-state index is 12.6. The fraction of sp³-hybridized carbons (Fsp3) is 0.174. The molecule has 0 bridgehead atoms. The lowest BCUT2D eigenvalue weighted by atomic mass is 10.1. The summed E-state index contributed by atoms with van der Waals surface area (Å²) in [4.78, 5) is 22.8. The number of nitrogens with zero attached hydrogens (tertiary/aromatic N) is 1. The van der Waals surface area contributed by atoms with Crippen LogP contribution in [0.25, 0.3) is 0 Å². The number of non-ortho nitro benzene ring substituents is 1. The van der Waals surface area contributed by atoms with E-state index in [-0.39, 0.29) is 11.6 Å². The van der Waals surface area contributed by atoms with Gasteiger partial charge in [0.25, 0.3) is 11.6 Å². The molecule has 1 N–H and O–H groups in total. The van der Waals surface area contributed by atoms with Gasteiger partial charge in [0.2, 0.25) is 0 Å². The van der Waals surface area contributed by atoms with Crippen LogP contribution in [-0.4, -0.2) is 17.4 Å². The first-order valence-corrected chi connectivity index (χ1v) is 9.47. The number of amides is 1. The molecule has 0 atom stereocenters. The van der Waals surface area contributed by atoms with E-state index in [0.29, 0.717) is 36.0 Å². The SMILES string of the molecule is CCOc1cc(C(=O)Nc2ccc([N+](=O)[O-])cc2)ccc1OCc1ccc(C)cc1. The molecule has 0 aliphatic heterocycles. The molecular weight excluding hydrogens is 384 g/mol.